The van der Waals surface area contributed by atoms with Crippen LogP contribution >= 0.6 is 0 Å². The van der Waals surface area contributed by atoms with Crippen LogP contribution < -0.4 is 0 Å². The van der Waals surface area contributed by atoms with Crippen molar-refractivity contribution >= 4 is 0 Å². The first-order valence-corrected chi connectivity index (χ1v) is 9.23. The van der Waals surface area contributed by atoms with Crippen molar-refractivity contribution < 1.29 is 0 Å². The van der Waals surface area contributed by atoms with E-state index >= 15 is 0 Å². The van der Waals surface area contributed by atoms with Crippen LogP contribution in [0.25, 0.3) is 0 Å². The second kappa shape index (κ2) is 7.85. The first-order valence-electron chi connectivity index (χ1n) is 9.23. The molecular formula is C20H40. The van der Waals surface area contributed by atoms with E-state index < -0.39 is 0 Å². The third kappa shape index (κ3) is 4.78. The van der Waals surface area contributed by atoms with Crippen LogP contribution in [-0.4, -0.2) is 0 Å². The van der Waals surface area contributed by atoms with E-state index in [0.29, 0.717) is 0 Å². The van der Waals surface area contributed by atoms with Gasteiger partial charge in [0.05, 0.1) is 0 Å². The molecule has 0 amide bonds. The second-order valence-corrected chi connectivity index (χ2v) is 8.87. The average Bonchev–Trinajstić information content (AvgIpc) is 2.09. The van der Waals surface area contributed by atoms with E-state index in [4.69, 9.17) is 0 Å². The summed E-state index contributed by atoms with van der Waals surface area (Å²) in [5.74, 6) is 7.87. The summed E-state index contributed by atoms with van der Waals surface area (Å²) in [5, 5.41) is 0. The molecule has 0 heterocycles. The summed E-state index contributed by atoms with van der Waals surface area (Å²) in [4.78, 5) is 0. The Morgan fingerprint density at radius 3 is 0.950 bits per heavy atom. The van der Waals surface area contributed by atoms with E-state index in [0.717, 1.165) is 47.3 Å². The quantitative estimate of drug-likeness (QED) is 0.541. The lowest BCUT2D eigenvalue weighted by Gasteiger charge is -2.42. The van der Waals surface area contributed by atoms with E-state index in [9.17, 15) is 0 Å². The van der Waals surface area contributed by atoms with Gasteiger partial charge >= 0.3 is 0 Å². The number of rotatable bonds is 4. The Bertz CT molecular complexity index is 229. The van der Waals surface area contributed by atoms with E-state index in [1.54, 1.807) is 0 Å². The molecule has 0 aromatic rings. The maximum absolute atomic E-state index is 2.36. The molecule has 0 heteroatoms. The molecule has 2 unspecified atom stereocenters. The van der Waals surface area contributed by atoms with Gasteiger partial charge in [0.15, 0.2) is 0 Å². The maximum atomic E-state index is 2.36. The van der Waals surface area contributed by atoms with Gasteiger partial charge in [-0.25, -0.2) is 0 Å². The van der Waals surface area contributed by atoms with Gasteiger partial charge in [0.1, 0.15) is 0 Å². The Morgan fingerprint density at radius 2 is 0.800 bits per heavy atom. The Balaban J connectivity index is 0.000000200. The number of hydrogen-bond acceptors (Lipinski definition) is 0. The minimum absolute atomic E-state index is 0.918. The smallest absolute Gasteiger partial charge is 0.0360 e. The van der Waals surface area contributed by atoms with Crippen LogP contribution in [0.3, 0.4) is 0 Å². The van der Waals surface area contributed by atoms with Gasteiger partial charge in [0.2, 0.25) is 0 Å². The van der Waals surface area contributed by atoms with Crippen LogP contribution in [0, 0.1) is 47.3 Å². The minimum Gasteiger partial charge on any atom is -0.0625 e. The van der Waals surface area contributed by atoms with Gasteiger partial charge in [-0.05, 0) is 73.0 Å². The summed E-state index contributed by atoms with van der Waals surface area (Å²) in [6, 6.07) is 0. The van der Waals surface area contributed by atoms with Crippen molar-refractivity contribution in [3.05, 3.63) is 0 Å². The topological polar surface area (TPSA) is 0 Å². The first kappa shape index (κ1) is 18.1. The average molecular weight is 281 g/mol. The van der Waals surface area contributed by atoms with Crippen LogP contribution in [0.1, 0.15) is 81.1 Å². The molecule has 0 radical (unpaired) electrons. The van der Waals surface area contributed by atoms with Gasteiger partial charge in [-0.3, -0.25) is 0 Å². The highest BCUT2D eigenvalue weighted by atomic mass is 14.4. The highest BCUT2D eigenvalue weighted by Crippen LogP contribution is 2.43. The Hall–Kier alpha value is 0. The van der Waals surface area contributed by atoms with Crippen molar-refractivity contribution in [3.63, 3.8) is 0 Å². The minimum atomic E-state index is 0.918. The fourth-order valence-electron chi connectivity index (χ4n) is 4.00. The van der Waals surface area contributed by atoms with Crippen molar-refractivity contribution in [2.24, 2.45) is 47.3 Å². The Kier molecular flexibility index (Phi) is 7.09. The van der Waals surface area contributed by atoms with Gasteiger partial charge in [0, 0.05) is 0 Å². The van der Waals surface area contributed by atoms with Crippen molar-refractivity contribution in [2.45, 2.75) is 81.1 Å². The second-order valence-electron chi connectivity index (χ2n) is 8.87. The predicted molar refractivity (Wildman–Crippen MR) is 91.8 cm³/mol. The molecular weight excluding hydrogens is 240 g/mol. The molecule has 2 fully saturated rings. The third-order valence-electron chi connectivity index (χ3n) is 6.19. The number of hydrogen-bond donors (Lipinski definition) is 0. The van der Waals surface area contributed by atoms with Gasteiger partial charge in [-0.2, -0.15) is 0 Å². The molecule has 0 bridgehead atoms. The van der Waals surface area contributed by atoms with Crippen LogP contribution in [0.5, 0.6) is 0 Å². The molecule has 2 saturated carbocycles. The zero-order valence-electron chi connectivity index (χ0n) is 15.4. The van der Waals surface area contributed by atoms with Crippen LogP contribution in [0.4, 0.5) is 0 Å². The highest BCUT2D eigenvalue weighted by molar-refractivity contribution is 4.84. The van der Waals surface area contributed by atoms with Crippen LogP contribution in [0.15, 0.2) is 0 Å². The molecule has 0 saturated heterocycles. The summed E-state index contributed by atoms with van der Waals surface area (Å²) < 4.78 is 0. The Labute approximate surface area is 129 Å². The molecule has 0 spiro atoms. The molecule has 2 aliphatic carbocycles. The maximum Gasteiger partial charge on any atom is -0.0360 e. The summed E-state index contributed by atoms with van der Waals surface area (Å²) >= 11 is 0. The van der Waals surface area contributed by atoms with E-state index in [-0.39, 0.29) is 0 Å². The van der Waals surface area contributed by atoms with Crippen molar-refractivity contribution in [1.29, 1.82) is 0 Å². The monoisotopic (exact) mass is 280 g/mol. The molecule has 0 nitrogen and oxygen atoms in total. The summed E-state index contributed by atoms with van der Waals surface area (Å²) in [7, 11) is 0. The van der Waals surface area contributed by atoms with E-state index in [1.807, 2.05) is 0 Å². The molecule has 2 rings (SSSR count). The van der Waals surface area contributed by atoms with Gasteiger partial charge in [-0.15, -0.1) is 0 Å². The normalized spacial score (nSPS) is 33.0. The third-order valence-corrected chi connectivity index (χ3v) is 6.19. The molecule has 2 aliphatic rings. The van der Waals surface area contributed by atoms with Crippen LogP contribution in [-0.2, 0) is 0 Å². The molecule has 0 aromatic heterocycles. The summed E-state index contributed by atoms with van der Waals surface area (Å²) in [6.45, 7) is 18.8. The lowest BCUT2D eigenvalue weighted by Crippen LogP contribution is -2.33. The standard InChI is InChI=1S/2C10H20/c1-7(2)9-5-10(6-9)8(3)4;1-7(2)9-5-6-10(9)8(3)4/h2*7-10H,5-6H2,1-4H3. The summed E-state index contributed by atoms with van der Waals surface area (Å²) in [6.07, 6.45) is 5.96. The summed E-state index contributed by atoms with van der Waals surface area (Å²) in [5.41, 5.74) is 0. The van der Waals surface area contributed by atoms with Gasteiger partial charge in [0.25, 0.3) is 0 Å². The van der Waals surface area contributed by atoms with Crippen molar-refractivity contribution in [1.82, 2.24) is 0 Å². The van der Waals surface area contributed by atoms with Gasteiger partial charge in [-0.1, -0.05) is 55.4 Å². The molecule has 0 aromatic carbocycles. The largest absolute Gasteiger partial charge is 0.0625 e. The van der Waals surface area contributed by atoms with E-state index in [2.05, 4.69) is 55.4 Å². The highest BCUT2D eigenvalue weighted by Gasteiger charge is 2.34. The van der Waals surface area contributed by atoms with Crippen molar-refractivity contribution in [3.8, 4) is 0 Å². The Morgan fingerprint density at radius 1 is 0.500 bits per heavy atom. The lowest BCUT2D eigenvalue weighted by atomic mass is 9.64. The van der Waals surface area contributed by atoms with E-state index in [1.165, 1.54) is 25.7 Å². The zero-order valence-corrected chi connectivity index (χ0v) is 15.4. The fraction of sp³-hybridized carbons (Fsp3) is 1.00. The first-order chi connectivity index (χ1) is 9.23. The fourth-order valence-corrected chi connectivity index (χ4v) is 4.00. The molecule has 0 aliphatic heterocycles. The molecule has 0 N–H and O–H groups in total. The zero-order chi connectivity index (χ0) is 15.4. The predicted octanol–water partition coefficient (Wildman–Crippen LogP) is 6.65. The van der Waals surface area contributed by atoms with Crippen LogP contribution in [0.2, 0.25) is 0 Å². The van der Waals surface area contributed by atoms with Gasteiger partial charge < -0.3 is 0 Å². The lowest BCUT2D eigenvalue weighted by molar-refractivity contribution is 0.0793. The van der Waals surface area contributed by atoms with Crippen molar-refractivity contribution in [2.75, 3.05) is 0 Å². The molecule has 2 atom stereocenters. The molecule has 20 heavy (non-hydrogen) atoms. The molecule has 120 valence electrons. The SMILES string of the molecule is CC(C)C1CC(C(C)C)C1.CC(C)C1CCC1C(C)C.